The summed E-state index contributed by atoms with van der Waals surface area (Å²) in [5.41, 5.74) is 2.15. The zero-order valence-corrected chi connectivity index (χ0v) is 18.5. The van der Waals surface area contributed by atoms with Crippen molar-refractivity contribution in [3.63, 3.8) is 0 Å². The second-order valence-corrected chi connectivity index (χ2v) is 8.81. The van der Waals surface area contributed by atoms with Gasteiger partial charge in [0.15, 0.2) is 5.76 Å². The first-order chi connectivity index (χ1) is 16.1. The molecule has 4 atom stereocenters. The molecular formula is C25H27N3O5. The Morgan fingerprint density at radius 3 is 2.70 bits per heavy atom. The lowest BCUT2D eigenvalue weighted by atomic mass is 9.78. The predicted octanol–water partition coefficient (Wildman–Crippen LogP) is 3.17. The highest BCUT2D eigenvalue weighted by atomic mass is 16.5. The van der Waals surface area contributed by atoms with Crippen LogP contribution in [0, 0.1) is 11.8 Å². The highest BCUT2D eigenvalue weighted by Gasteiger charge is 2.43. The van der Waals surface area contributed by atoms with Gasteiger partial charge in [0.25, 0.3) is 0 Å². The van der Waals surface area contributed by atoms with Crippen molar-refractivity contribution in [2.75, 3.05) is 20.2 Å². The van der Waals surface area contributed by atoms with Crippen molar-refractivity contribution in [2.45, 2.75) is 31.6 Å². The van der Waals surface area contributed by atoms with Crippen LogP contribution in [0.15, 0.2) is 59.4 Å². The number of aliphatic hydroxyl groups excluding tert-OH is 1. The quantitative estimate of drug-likeness (QED) is 0.573. The van der Waals surface area contributed by atoms with Gasteiger partial charge in [-0.05, 0) is 48.9 Å². The van der Waals surface area contributed by atoms with Gasteiger partial charge in [0.1, 0.15) is 23.1 Å². The Balaban J connectivity index is 1.22. The lowest BCUT2D eigenvalue weighted by molar-refractivity contribution is -0.0237. The molecule has 1 saturated heterocycles. The number of carbonyl (C=O) groups excluding carboxylic acids is 1. The van der Waals surface area contributed by atoms with Crippen LogP contribution in [-0.4, -0.2) is 58.5 Å². The Kier molecular flexibility index (Phi) is 6.11. The van der Waals surface area contributed by atoms with Gasteiger partial charge in [-0.25, -0.2) is 4.79 Å². The van der Waals surface area contributed by atoms with Gasteiger partial charge in [-0.15, -0.1) is 0 Å². The number of methoxy groups -OCH3 is 1. The molecule has 0 unspecified atom stereocenters. The Morgan fingerprint density at radius 2 is 1.91 bits per heavy atom. The van der Waals surface area contributed by atoms with E-state index >= 15 is 0 Å². The van der Waals surface area contributed by atoms with Crippen molar-refractivity contribution in [2.24, 2.45) is 11.8 Å². The van der Waals surface area contributed by atoms with Crippen LogP contribution in [0.4, 0.5) is 0 Å². The molecule has 8 nitrogen and oxygen atoms in total. The van der Waals surface area contributed by atoms with E-state index in [-0.39, 0.29) is 6.10 Å². The van der Waals surface area contributed by atoms with Crippen LogP contribution in [0.3, 0.4) is 0 Å². The number of benzene rings is 1. The van der Waals surface area contributed by atoms with Crippen LogP contribution in [0.1, 0.15) is 29.0 Å². The van der Waals surface area contributed by atoms with Gasteiger partial charge in [-0.2, -0.15) is 0 Å². The van der Waals surface area contributed by atoms with Gasteiger partial charge in [0, 0.05) is 37.1 Å². The van der Waals surface area contributed by atoms with Crippen molar-refractivity contribution < 1.29 is 23.9 Å². The standard InChI is InChI=1S/C25H27N3O5/c1-31-25(30)20-4-2-3-5-23(20)32-24-11-18-14-28(13-17(18)10-22(24)29)15-19-12-21(27-33-19)16-6-8-26-9-7-16/h2-9,12,17-18,22,24,29H,10-11,13-15H2,1H3/t17-,18+,22+,24+/m0/s1. The number of para-hydroxylation sites is 1. The number of nitrogens with zero attached hydrogens (tertiary/aromatic N) is 3. The van der Waals surface area contributed by atoms with Crippen molar-refractivity contribution in [3.8, 4) is 17.0 Å². The van der Waals surface area contributed by atoms with Gasteiger partial charge in [0.2, 0.25) is 0 Å². The summed E-state index contributed by atoms with van der Waals surface area (Å²) in [5.74, 6) is 1.64. The zero-order valence-electron chi connectivity index (χ0n) is 18.5. The van der Waals surface area contributed by atoms with Crippen LogP contribution in [0.2, 0.25) is 0 Å². The van der Waals surface area contributed by atoms with Crippen molar-refractivity contribution in [1.82, 2.24) is 15.0 Å². The highest BCUT2D eigenvalue weighted by molar-refractivity contribution is 5.92. The van der Waals surface area contributed by atoms with E-state index in [0.717, 1.165) is 36.5 Å². The van der Waals surface area contributed by atoms with Crippen LogP contribution in [0.25, 0.3) is 11.3 Å². The fourth-order valence-electron chi connectivity index (χ4n) is 5.02. The maximum Gasteiger partial charge on any atom is 0.341 e. The summed E-state index contributed by atoms with van der Waals surface area (Å²) in [6.45, 7) is 2.48. The predicted molar refractivity (Wildman–Crippen MR) is 119 cm³/mol. The molecule has 1 aliphatic carbocycles. The summed E-state index contributed by atoms with van der Waals surface area (Å²) in [6, 6.07) is 12.8. The molecular weight excluding hydrogens is 422 g/mol. The number of hydrogen-bond acceptors (Lipinski definition) is 8. The molecule has 0 radical (unpaired) electrons. The summed E-state index contributed by atoms with van der Waals surface area (Å²) in [6.07, 6.45) is 3.94. The zero-order chi connectivity index (χ0) is 22.8. The number of pyridine rings is 1. The fraction of sp³-hybridized carbons (Fsp3) is 0.400. The molecule has 33 heavy (non-hydrogen) atoms. The molecule has 0 amide bonds. The molecule has 0 bridgehead atoms. The van der Waals surface area contributed by atoms with Gasteiger partial charge in [-0.1, -0.05) is 17.3 Å². The first kappa shape index (κ1) is 21.6. The van der Waals surface area contributed by atoms with Crippen LogP contribution in [-0.2, 0) is 11.3 Å². The van der Waals surface area contributed by atoms with Crippen LogP contribution >= 0.6 is 0 Å². The molecule has 2 aromatic heterocycles. The Labute approximate surface area is 192 Å². The monoisotopic (exact) mass is 449 g/mol. The third-order valence-corrected chi connectivity index (χ3v) is 6.65. The highest BCUT2D eigenvalue weighted by Crippen LogP contribution is 2.39. The topological polar surface area (TPSA) is 97.9 Å². The number of aliphatic hydroxyl groups is 1. The molecule has 1 aromatic carbocycles. The van der Waals surface area contributed by atoms with Crippen LogP contribution in [0.5, 0.6) is 5.75 Å². The number of fused-ring (bicyclic) bond motifs is 1. The van der Waals surface area contributed by atoms with Gasteiger partial charge in [0.05, 0.1) is 19.8 Å². The molecule has 1 N–H and O–H groups in total. The van der Waals surface area contributed by atoms with E-state index in [1.807, 2.05) is 24.3 Å². The first-order valence-corrected chi connectivity index (χ1v) is 11.2. The van der Waals surface area contributed by atoms with E-state index in [1.54, 1.807) is 30.6 Å². The molecule has 1 saturated carbocycles. The van der Waals surface area contributed by atoms with Crippen LogP contribution < -0.4 is 4.74 Å². The molecule has 2 aliphatic rings. The smallest absolute Gasteiger partial charge is 0.341 e. The average molecular weight is 450 g/mol. The number of carbonyl (C=O) groups is 1. The lowest BCUT2D eigenvalue weighted by Crippen LogP contribution is -2.42. The van der Waals surface area contributed by atoms with E-state index in [2.05, 4.69) is 15.0 Å². The third-order valence-electron chi connectivity index (χ3n) is 6.65. The molecule has 172 valence electrons. The summed E-state index contributed by atoms with van der Waals surface area (Å²) in [7, 11) is 1.35. The largest absolute Gasteiger partial charge is 0.487 e. The van der Waals surface area contributed by atoms with Gasteiger partial charge >= 0.3 is 5.97 Å². The molecule has 0 spiro atoms. The van der Waals surface area contributed by atoms with Gasteiger partial charge in [-0.3, -0.25) is 9.88 Å². The lowest BCUT2D eigenvalue weighted by Gasteiger charge is -2.35. The minimum absolute atomic E-state index is 0.361. The van der Waals surface area contributed by atoms with E-state index < -0.39 is 12.1 Å². The number of ether oxygens (including phenoxy) is 2. The maximum atomic E-state index is 12.1. The normalized spacial score (nSPS) is 24.9. The summed E-state index contributed by atoms with van der Waals surface area (Å²) in [4.78, 5) is 18.4. The molecule has 2 fully saturated rings. The number of rotatable bonds is 6. The second-order valence-electron chi connectivity index (χ2n) is 8.81. The summed E-state index contributed by atoms with van der Waals surface area (Å²) in [5, 5.41) is 15.0. The van der Waals surface area contributed by atoms with Gasteiger partial charge < -0.3 is 19.1 Å². The maximum absolute atomic E-state index is 12.1. The number of likely N-dealkylation sites (tertiary alicyclic amines) is 1. The Bertz CT molecular complexity index is 1100. The third kappa shape index (κ3) is 4.62. The number of esters is 1. The Hall–Kier alpha value is -3.23. The SMILES string of the molecule is COC(=O)c1ccccc1O[C@@H]1C[C@@H]2CN(Cc3cc(-c4ccncc4)no3)C[C@@H]2C[C@H]1O. The second kappa shape index (κ2) is 9.33. The van der Waals surface area contributed by atoms with E-state index in [4.69, 9.17) is 14.0 Å². The minimum atomic E-state index is -0.583. The fourth-order valence-corrected chi connectivity index (χ4v) is 5.02. The molecule has 3 heterocycles. The molecule has 3 aromatic rings. The number of aromatic nitrogens is 2. The summed E-state index contributed by atoms with van der Waals surface area (Å²) < 4.78 is 16.6. The minimum Gasteiger partial charge on any atom is -0.487 e. The average Bonchev–Trinajstić information content (AvgIpc) is 3.46. The summed E-state index contributed by atoms with van der Waals surface area (Å²) >= 11 is 0. The van der Waals surface area contributed by atoms with E-state index in [0.29, 0.717) is 36.1 Å². The van der Waals surface area contributed by atoms with Crippen molar-refractivity contribution >= 4 is 5.97 Å². The number of hydrogen-bond donors (Lipinski definition) is 1. The van der Waals surface area contributed by atoms with Crippen molar-refractivity contribution in [1.29, 1.82) is 0 Å². The first-order valence-electron chi connectivity index (χ1n) is 11.2. The Morgan fingerprint density at radius 1 is 1.15 bits per heavy atom. The van der Waals surface area contributed by atoms with E-state index in [1.165, 1.54) is 7.11 Å². The van der Waals surface area contributed by atoms with E-state index in [9.17, 15) is 9.90 Å². The van der Waals surface area contributed by atoms with Crippen molar-refractivity contribution in [3.05, 3.63) is 66.2 Å². The molecule has 5 rings (SSSR count). The molecule has 8 heteroatoms. The molecule has 1 aliphatic heterocycles.